The van der Waals surface area contributed by atoms with Crippen LogP contribution in [-0.4, -0.2) is 46.5 Å². The van der Waals surface area contributed by atoms with Crippen molar-refractivity contribution in [1.29, 1.82) is 0 Å². The average Bonchev–Trinajstić information content (AvgIpc) is 3.06. The van der Waals surface area contributed by atoms with Crippen LogP contribution in [0.2, 0.25) is 0 Å². The molecule has 122 valence electrons. The van der Waals surface area contributed by atoms with Gasteiger partial charge in [0.1, 0.15) is 5.69 Å². The number of carbonyl (C=O) groups excluding carboxylic acids is 1. The van der Waals surface area contributed by atoms with Gasteiger partial charge in [-0.25, -0.2) is 4.98 Å². The summed E-state index contributed by atoms with van der Waals surface area (Å²) in [4.78, 5) is 21.9. The van der Waals surface area contributed by atoms with Crippen molar-refractivity contribution in [3.8, 4) is 11.3 Å². The summed E-state index contributed by atoms with van der Waals surface area (Å²) in [6, 6.07) is 2.24. The first-order valence-electron chi connectivity index (χ1n) is 6.77. The third kappa shape index (κ3) is 4.01. The van der Waals surface area contributed by atoms with Crippen LogP contribution in [0.25, 0.3) is 11.3 Å². The smallest absolute Gasteiger partial charge is 0.270 e. The highest BCUT2D eigenvalue weighted by Gasteiger charge is 2.22. The van der Waals surface area contributed by atoms with E-state index in [4.69, 9.17) is 0 Å². The molecule has 1 fully saturated rings. The molecule has 1 aliphatic rings. The molecule has 0 spiro atoms. The molecule has 2 aromatic rings. The summed E-state index contributed by atoms with van der Waals surface area (Å²) >= 11 is 1.62. The normalized spacial score (nSPS) is 17.5. The quantitative estimate of drug-likeness (QED) is 0.863. The Bertz CT molecular complexity index is 628. The third-order valence-corrected chi connectivity index (χ3v) is 4.26. The number of halogens is 2. The van der Waals surface area contributed by atoms with Crippen molar-refractivity contribution in [1.82, 2.24) is 20.2 Å². The second-order valence-electron chi connectivity index (χ2n) is 5.16. The van der Waals surface area contributed by atoms with Gasteiger partial charge in [-0.15, -0.1) is 36.2 Å². The molecule has 8 heteroatoms. The number of thiazole rings is 1. The standard InChI is InChI=1S/C14H18N4OS.2ClH/c1-9-7-18(4-3-15-9)14(19)12-5-11(6-16-12)13-8-20-10(2)17-13;;/h5-6,8-9,15-16H,3-4,7H2,1-2H3;2*1H. The van der Waals surface area contributed by atoms with Gasteiger partial charge < -0.3 is 15.2 Å². The van der Waals surface area contributed by atoms with E-state index in [9.17, 15) is 4.79 Å². The second-order valence-corrected chi connectivity index (χ2v) is 6.22. The van der Waals surface area contributed by atoms with Crippen LogP contribution >= 0.6 is 36.2 Å². The molecule has 1 amide bonds. The molecule has 1 saturated heterocycles. The van der Waals surface area contributed by atoms with E-state index in [0.717, 1.165) is 35.9 Å². The number of nitrogens with zero attached hydrogens (tertiary/aromatic N) is 2. The summed E-state index contributed by atoms with van der Waals surface area (Å²) in [5, 5.41) is 6.39. The van der Waals surface area contributed by atoms with Gasteiger partial charge in [-0.3, -0.25) is 4.79 Å². The number of piperazine rings is 1. The van der Waals surface area contributed by atoms with Crippen molar-refractivity contribution in [3.05, 3.63) is 28.3 Å². The highest BCUT2D eigenvalue weighted by atomic mass is 35.5. The van der Waals surface area contributed by atoms with Crippen LogP contribution in [0.4, 0.5) is 0 Å². The number of aryl methyl sites for hydroxylation is 1. The van der Waals surface area contributed by atoms with Gasteiger partial charge in [0.15, 0.2) is 0 Å². The lowest BCUT2D eigenvalue weighted by Gasteiger charge is -2.31. The van der Waals surface area contributed by atoms with E-state index in [-0.39, 0.29) is 30.7 Å². The van der Waals surface area contributed by atoms with Crippen LogP contribution in [0.3, 0.4) is 0 Å². The minimum Gasteiger partial charge on any atom is -0.357 e. The minimum atomic E-state index is 0. The molecule has 0 aromatic carbocycles. The predicted molar refractivity (Wildman–Crippen MR) is 94.5 cm³/mol. The minimum absolute atomic E-state index is 0. The van der Waals surface area contributed by atoms with E-state index < -0.39 is 0 Å². The second kappa shape index (κ2) is 7.97. The zero-order valence-corrected chi connectivity index (χ0v) is 14.9. The monoisotopic (exact) mass is 362 g/mol. The maximum atomic E-state index is 12.4. The molecular weight excluding hydrogens is 343 g/mol. The van der Waals surface area contributed by atoms with Gasteiger partial charge in [0.05, 0.1) is 10.7 Å². The average molecular weight is 363 g/mol. The van der Waals surface area contributed by atoms with Crippen LogP contribution in [0, 0.1) is 6.92 Å². The van der Waals surface area contributed by atoms with Crippen molar-refractivity contribution in [2.75, 3.05) is 19.6 Å². The molecule has 3 rings (SSSR count). The van der Waals surface area contributed by atoms with Gasteiger partial charge in [-0.2, -0.15) is 0 Å². The van der Waals surface area contributed by atoms with Crippen molar-refractivity contribution >= 4 is 42.1 Å². The number of H-pyrrole nitrogens is 1. The summed E-state index contributed by atoms with van der Waals surface area (Å²) in [5.74, 6) is 0.0663. The van der Waals surface area contributed by atoms with Crippen molar-refractivity contribution in [2.24, 2.45) is 0 Å². The van der Waals surface area contributed by atoms with Gasteiger partial charge in [0, 0.05) is 42.8 Å². The first kappa shape index (κ1) is 19.0. The van der Waals surface area contributed by atoms with Crippen LogP contribution in [0.5, 0.6) is 0 Å². The summed E-state index contributed by atoms with van der Waals surface area (Å²) in [6.45, 7) is 6.44. The maximum Gasteiger partial charge on any atom is 0.270 e. The molecule has 1 unspecified atom stereocenters. The topological polar surface area (TPSA) is 61.0 Å². The first-order valence-corrected chi connectivity index (χ1v) is 7.65. The van der Waals surface area contributed by atoms with Crippen LogP contribution < -0.4 is 5.32 Å². The van der Waals surface area contributed by atoms with Crippen molar-refractivity contribution in [2.45, 2.75) is 19.9 Å². The van der Waals surface area contributed by atoms with Crippen LogP contribution in [0.1, 0.15) is 22.4 Å². The molecule has 0 aliphatic carbocycles. The van der Waals surface area contributed by atoms with Crippen molar-refractivity contribution < 1.29 is 4.79 Å². The number of hydrogen-bond acceptors (Lipinski definition) is 4. The molecule has 2 N–H and O–H groups in total. The van der Waals surface area contributed by atoms with E-state index >= 15 is 0 Å². The number of aromatic amines is 1. The fourth-order valence-corrected chi connectivity index (χ4v) is 3.07. The Hall–Kier alpha value is -1.08. The molecule has 22 heavy (non-hydrogen) atoms. The van der Waals surface area contributed by atoms with E-state index in [2.05, 4.69) is 22.2 Å². The fraction of sp³-hybridized carbons (Fsp3) is 0.429. The maximum absolute atomic E-state index is 12.4. The van der Waals surface area contributed by atoms with E-state index in [1.165, 1.54) is 0 Å². The molecular formula is C14H20Cl2N4OS. The largest absolute Gasteiger partial charge is 0.357 e. The third-order valence-electron chi connectivity index (χ3n) is 3.48. The Labute approximate surface area is 146 Å². The lowest BCUT2D eigenvalue weighted by molar-refractivity contribution is 0.0704. The lowest BCUT2D eigenvalue weighted by atomic mass is 10.2. The molecule has 1 aliphatic heterocycles. The summed E-state index contributed by atoms with van der Waals surface area (Å²) < 4.78 is 0. The van der Waals surface area contributed by atoms with Crippen LogP contribution in [0.15, 0.2) is 17.6 Å². The number of nitrogens with one attached hydrogen (secondary N) is 2. The molecule has 2 aromatic heterocycles. The highest BCUT2D eigenvalue weighted by Crippen LogP contribution is 2.22. The highest BCUT2D eigenvalue weighted by molar-refractivity contribution is 7.09. The Morgan fingerprint density at radius 2 is 2.23 bits per heavy atom. The van der Waals surface area contributed by atoms with E-state index in [1.54, 1.807) is 11.3 Å². The van der Waals surface area contributed by atoms with E-state index in [0.29, 0.717) is 11.7 Å². The molecule has 0 bridgehead atoms. The SMILES string of the molecule is Cc1nc(-c2c[nH]c(C(=O)N3CCNC(C)C3)c2)cs1.Cl.Cl. The predicted octanol–water partition coefficient (Wildman–Crippen LogP) is 2.72. The van der Waals surface area contributed by atoms with Gasteiger partial charge in [0.2, 0.25) is 0 Å². The summed E-state index contributed by atoms with van der Waals surface area (Å²) in [5.41, 5.74) is 2.54. The van der Waals surface area contributed by atoms with Crippen molar-refractivity contribution in [3.63, 3.8) is 0 Å². The van der Waals surface area contributed by atoms with Gasteiger partial charge in [0.25, 0.3) is 5.91 Å². The number of hydrogen-bond donors (Lipinski definition) is 2. The summed E-state index contributed by atoms with van der Waals surface area (Å²) in [6.07, 6.45) is 1.85. The molecule has 3 heterocycles. The van der Waals surface area contributed by atoms with Crippen LogP contribution in [-0.2, 0) is 0 Å². The lowest BCUT2D eigenvalue weighted by Crippen LogP contribution is -2.51. The Balaban J connectivity index is 0.00000121. The molecule has 1 atom stereocenters. The zero-order valence-electron chi connectivity index (χ0n) is 12.5. The van der Waals surface area contributed by atoms with E-state index in [1.807, 2.05) is 29.5 Å². The molecule has 0 radical (unpaired) electrons. The first-order chi connectivity index (χ1) is 9.63. The summed E-state index contributed by atoms with van der Waals surface area (Å²) in [7, 11) is 0. The molecule has 5 nitrogen and oxygen atoms in total. The number of carbonyl (C=O) groups is 1. The Morgan fingerprint density at radius 3 is 2.86 bits per heavy atom. The van der Waals surface area contributed by atoms with Gasteiger partial charge in [-0.05, 0) is 19.9 Å². The fourth-order valence-electron chi connectivity index (χ4n) is 2.45. The Morgan fingerprint density at radius 1 is 1.45 bits per heavy atom. The van der Waals surface area contributed by atoms with Gasteiger partial charge >= 0.3 is 0 Å². The molecule has 0 saturated carbocycles. The number of aromatic nitrogens is 2. The van der Waals surface area contributed by atoms with Gasteiger partial charge in [-0.1, -0.05) is 0 Å². The number of amides is 1. The zero-order chi connectivity index (χ0) is 14.1. The number of rotatable bonds is 2. The Kier molecular flexibility index (Phi) is 6.87.